The van der Waals surface area contributed by atoms with Crippen LogP contribution in [0.25, 0.3) is 10.9 Å². The van der Waals surface area contributed by atoms with Gasteiger partial charge in [0.15, 0.2) is 0 Å². The molecule has 1 aromatic heterocycles. The van der Waals surface area contributed by atoms with Gasteiger partial charge < -0.3 is 9.88 Å². The Kier molecular flexibility index (Phi) is 4.11. The van der Waals surface area contributed by atoms with Crippen molar-refractivity contribution >= 4 is 22.5 Å². The van der Waals surface area contributed by atoms with E-state index < -0.39 is 0 Å². The zero-order valence-corrected chi connectivity index (χ0v) is 15.1. The first-order valence-corrected chi connectivity index (χ1v) is 9.11. The van der Waals surface area contributed by atoms with E-state index in [-0.39, 0.29) is 16.9 Å². The molecule has 0 fully saturated rings. The average molecular weight is 346 g/mol. The molecule has 0 atom stereocenters. The number of anilines is 1. The summed E-state index contributed by atoms with van der Waals surface area (Å²) in [6, 6.07) is 13.6. The maximum Gasteiger partial charge on any atom is 0.261 e. The van der Waals surface area contributed by atoms with Crippen molar-refractivity contribution in [3.8, 4) is 0 Å². The van der Waals surface area contributed by atoms with Gasteiger partial charge in [-0.3, -0.25) is 9.59 Å². The molecule has 1 amide bonds. The highest BCUT2D eigenvalue weighted by Crippen LogP contribution is 2.24. The van der Waals surface area contributed by atoms with Crippen LogP contribution in [0.5, 0.6) is 0 Å². The third-order valence-corrected chi connectivity index (χ3v) is 5.11. The van der Waals surface area contributed by atoms with Crippen LogP contribution in [0.2, 0.25) is 0 Å². The molecular formula is C22H22N2O2. The van der Waals surface area contributed by atoms with Crippen molar-refractivity contribution in [1.82, 2.24) is 4.57 Å². The largest absolute Gasteiger partial charge is 0.346 e. The van der Waals surface area contributed by atoms with E-state index in [1.807, 2.05) is 41.0 Å². The fourth-order valence-corrected chi connectivity index (χ4v) is 3.67. The van der Waals surface area contributed by atoms with E-state index in [2.05, 4.69) is 25.2 Å². The molecule has 0 radical (unpaired) electrons. The summed E-state index contributed by atoms with van der Waals surface area (Å²) in [5, 5.41) is 3.49. The van der Waals surface area contributed by atoms with Crippen LogP contribution in [-0.2, 0) is 13.0 Å². The number of hydrogen-bond acceptors (Lipinski definition) is 2. The zero-order valence-electron chi connectivity index (χ0n) is 15.1. The summed E-state index contributed by atoms with van der Waals surface area (Å²) in [5.41, 5.74) is 4.07. The molecule has 2 heterocycles. The number of carbonyl (C=O) groups excluding carboxylic acids is 1. The smallest absolute Gasteiger partial charge is 0.261 e. The number of nitrogens with one attached hydrogen (secondary N) is 1. The van der Waals surface area contributed by atoms with Gasteiger partial charge in [0.2, 0.25) is 5.43 Å². The fraction of sp³-hybridized carbons (Fsp3) is 0.273. The van der Waals surface area contributed by atoms with Gasteiger partial charge in [-0.1, -0.05) is 38.1 Å². The molecule has 1 N–H and O–H groups in total. The van der Waals surface area contributed by atoms with Gasteiger partial charge in [-0.2, -0.15) is 0 Å². The number of pyridine rings is 1. The Labute approximate surface area is 152 Å². The minimum absolute atomic E-state index is 0.198. The molecular weight excluding hydrogens is 324 g/mol. The van der Waals surface area contributed by atoms with Crippen LogP contribution in [0.4, 0.5) is 5.69 Å². The Balaban J connectivity index is 1.71. The summed E-state index contributed by atoms with van der Waals surface area (Å²) in [6.45, 7) is 5.09. The summed E-state index contributed by atoms with van der Waals surface area (Å²) >= 11 is 0. The number of rotatable bonds is 3. The lowest BCUT2D eigenvalue weighted by Gasteiger charge is -2.20. The molecule has 4 heteroatoms. The maximum absolute atomic E-state index is 12.9. The predicted octanol–water partition coefficient (Wildman–Crippen LogP) is 4.32. The van der Waals surface area contributed by atoms with E-state index >= 15 is 0 Å². The Bertz CT molecular complexity index is 1050. The minimum atomic E-state index is -0.353. The molecule has 0 unspecified atom stereocenters. The minimum Gasteiger partial charge on any atom is -0.346 e. The number of carbonyl (C=O) groups is 1. The van der Waals surface area contributed by atoms with Gasteiger partial charge in [-0.15, -0.1) is 0 Å². The highest BCUT2D eigenvalue weighted by atomic mass is 16.2. The van der Waals surface area contributed by atoms with Crippen molar-refractivity contribution in [3.63, 3.8) is 0 Å². The molecule has 0 spiro atoms. The van der Waals surface area contributed by atoms with Crippen LogP contribution in [0.1, 0.15) is 47.7 Å². The first kappa shape index (κ1) is 16.6. The van der Waals surface area contributed by atoms with Crippen molar-refractivity contribution in [2.24, 2.45) is 0 Å². The average Bonchev–Trinajstić information content (AvgIpc) is 2.65. The van der Waals surface area contributed by atoms with E-state index in [0.717, 1.165) is 24.9 Å². The molecule has 0 bridgehead atoms. The first-order chi connectivity index (χ1) is 12.5. The molecule has 132 valence electrons. The second-order valence-corrected chi connectivity index (χ2v) is 7.21. The quantitative estimate of drug-likeness (QED) is 0.768. The zero-order chi connectivity index (χ0) is 18.3. The fourth-order valence-electron chi connectivity index (χ4n) is 3.67. The SMILES string of the molecule is CC(C)c1ccc(NC(=O)c2cn3c4c(cccc4c2=O)CCC3)cc1. The third kappa shape index (κ3) is 2.81. The molecule has 3 aromatic rings. The standard InChI is InChI=1S/C22H22N2O2/c1-14(2)15-8-10-17(11-9-15)23-22(26)19-13-24-12-4-6-16-5-3-7-18(20(16)24)21(19)25/h3,5,7-11,13-14H,4,6,12H2,1-2H3,(H,23,26). The lowest BCUT2D eigenvalue weighted by molar-refractivity contribution is 0.102. The van der Waals surface area contributed by atoms with Gasteiger partial charge in [0.05, 0.1) is 5.52 Å². The number of para-hydroxylation sites is 1. The number of hydrogen-bond donors (Lipinski definition) is 1. The van der Waals surface area contributed by atoms with Crippen molar-refractivity contribution in [1.29, 1.82) is 0 Å². The van der Waals surface area contributed by atoms with Crippen LogP contribution in [0.3, 0.4) is 0 Å². The van der Waals surface area contributed by atoms with E-state index in [4.69, 9.17) is 0 Å². The van der Waals surface area contributed by atoms with Gasteiger partial charge in [-0.05, 0) is 48.1 Å². The van der Waals surface area contributed by atoms with Gasteiger partial charge in [0, 0.05) is 23.8 Å². The Morgan fingerprint density at radius 2 is 1.88 bits per heavy atom. The molecule has 0 aliphatic carbocycles. The lowest BCUT2D eigenvalue weighted by atomic mass is 9.99. The van der Waals surface area contributed by atoms with Crippen LogP contribution >= 0.6 is 0 Å². The second kappa shape index (κ2) is 6.45. The van der Waals surface area contributed by atoms with Crippen LogP contribution in [-0.4, -0.2) is 10.5 Å². The second-order valence-electron chi connectivity index (χ2n) is 7.21. The number of aromatic nitrogens is 1. The number of nitrogens with zero attached hydrogens (tertiary/aromatic N) is 1. The number of aryl methyl sites for hydroxylation is 2. The van der Waals surface area contributed by atoms with Crippen LogP contribution < -0.4 is 10.7 Å². The van der Waals surface area contributed by atoms with E-state index in [9.17, 15) is 9.59 Å². The Morgan fingerprint density at radius 1 is 1.12 bits per heavy atom. The Morgan fingerprint density at radius 3 is 2.62 bits per heavy atom. The number of amides is 1. The molecule has 4 rings (SSSR count). The molecule has 1 aliphatic heterocycles. The van der Waals surface area contributed by atoms with Crippen molar-refractivity contribution < 1.29 is 4.79 Å². The predicted molar refractivity (Wildman–Crippen MR) is 105 cm³/mol. The summed E-state index contributed by atoms with van der Waals surface area (Å²) in [5.74, 6) is 0.0844. The molecule has 26 heavy (non-hydrogen) atoms. The normalized spacial score (nSPS) is 13.2. The monoisotopic (exact) mass is 346 g/mol. The summed E-state index contributed by atoms with van der Waals surface area (Å²) in [6.07, 6.45) is 3.71. The van der Waals surface area contributed by atoms with Crippen LogP contribution in [0, 0.1) is 0 Å². The van der Waals surface area contributed by atoms with E-state index in [1.165, 1.54) is 11.1 Å². The summed E-state index contributed by atoms with van der Waals surface area (Å²) in [4.78, 5) is 25.6. The Hall–Kier alpha value is -2.88. The van der Waals surface area contributed by atoms with Crippen molar-refractivity contribution in [3.05, 3.63) is 75.6 Å². The summed E-state index contributed by atoms with van der Waals surface area (Å²) < 4.78 is 2.05. The molecule has 2 aromatic carbocycles. The highest BCUT2D eigenvalue weighted by molar-refractivity contribution is 6.06. The van der Waals surface area contributed by atoms with Gasteiger partial charge in [0.1, 0.15) is 5.56 Å². The lowest BCUT2D eigenvalue weighted by Crippen LogP contribution is -2.25. The molecule has 1 aliphatic rings. The first-order valence-electron chi connectivity index (χ1n) is 9.11. The van der Waals surface area contributed by atoms with Gasteiger partial charge in [-0.25, -0.2) is 0 Å². The molecule has 0 saturated carbocycles. The van der Waals surface area contributed by atoms with Crippen LogP contribution in [0.15, 0.2) is 53.5 Å². The van der Waals surface area contributed by atoms with Crippen molar-refractivity contribution in [2.75, 3.05) is 5.32 Å². The molecule has 0 saturated heterocycles. The highest BCUT2D eigenvalue weighted by Gasteiger charge is 2.19. The van der Waals surface area contributed by atoms with E-state index in [0.29, 0.717) is 17.0 Å². The van der Waals surface area contributed by atoms with Gasteiger partial charge in [0.25, 0.3) is 5.91 Å². The van der Waals surface area contributed by atoms with Crippen molar-refractivity contribution in [2.45, 2.75) is 39.2 Å². The number of benzene rings is 2. The maximum atomic E-state index is 12.9. The topological polar surface area (TPSA) is 51.1 Å². The third-order valence-electron chi connectivity index (χ3n) is 5.11. The summed E-state index contributed by atoms with van der Waals surface area (Å²) in [7, 11) is 0. The molecule has 4 nitrogen and oxygen atoms in total. The van der Waals surface area contributed by atoms with Gasteiger partial charge >= 0.3 is 0 Å². The van der Waals surface area contributed by atoms with E-state index in [1.54, 1.807) is 6.20 Å².